The van der Waals surface area contributed by atoms with Crippen LogP contribution >= 0.6 is 0 Å². The van der Waals surface area contributed by atoms with E-state index in [1.165, 1.54) is 25.3 Å². The topological polar surface area (TPSA) is 116 Å². The van der Waals surface area contributed by atoms with Crippen LogP contribution in [0.1, 0.15) is 42.5 Å². The number of benzene rings is 1. The first kappa shape index (κ1) is 18.3. The molecule has 0 aromatic heterocycles. The number of amides is 2. The molecule has 0 aliphatic heterocycles. The van der Waals surface area contributed by atoms with Gasteiger partial charge in [-0.2, -0.15) is 0 Å². The molecule has 0 atom stereocenters. The minimum atomic E-state index is -3.25. The summed E-state index contributed by atoms with van der Waals surface area (Å²) in [6, 6.07) is 4.41. The van der Waals surface area contributed by atoms with Gasteiger partial charge in [0.1, 0.15) is 5.75 Å². The summed E-state index contributed by atoms with van der Waals surface area (Å²) in [5.41, 5.74) is 5.73. The van der Waals surface area contributed by atoms with Crippen LogP contribution in [0.25, 0.3) is 0 Å². The monoisotopic (exact) mass is 354 g/mol. The fourth-order valence-electron chi connectivity index (χ4n) is 2.82. The van der Waals surface area contributed by atoms with E-state index in [0.29, 0.717) is 18.6 Å². The average Bonchev–Trinajstić information content (AvgIpc) is 3.08. The number of hydrogen-bond acceptors (Lipinski definition) is 5. The number of sulfone groups is 1. The Labute approximate surface area is 141 Å². The molecule has 1 aromatic rings. The number of methoxy groups -OCH3 is 1. The second-order valence-corrected chi connectivity index (χ2v) is 8.25. The smallest absolute Gasteiger partial charge is 0.248 e. The van der Waals surface area contributed by atoms with Crippen LogP contribution in [0.5, 0.6) is 5.75 Å². The zero-order valence-electron chi connectivity index (χ0n) is 13.6. The highest BCUT2D eigenvalue weighted by Gasteiger charge is 2.28. The predicted molar refractivity (Wildman–Crippen MR) is 90.8 cm³/mol. The van der Waals surface area contributed by atoms with Crippen molar-refractivity contribution < 1.29 is 22.7 Å². The summed E-state index contributed by atoms with van der Waals surface area (Å²) in [6.45, 7) is 0. The molecule has 1 aliphatic carbocycles. The van der Waals surface area contributed by atoms with Crippen molar-refractivity contribution in [2.75, 3.05) is 18.2 Å². The molecule has 1 aliphatic rings. The molecule has 7 nitrogen and oxygen atoms in total. The molecule has 24 heavy (non-hydrogen) atoms. The standard InChI is InChI=1S/C16H22N2O5S/c1-23-14-7-6-11(16(17)20)10-13(14)18-15(19)8-9-24(21,22)12-4-2-3-5-12/h6-7,10,12H,2-5,8-9H2,1H3,(H2,17,20)(H,18,19). The van der Waals surface area contributed by atoms with E-state index in [9.17, 15) is 18.0 Å². The predicted octanol–water partition coefficient (Wildman–Crippen LogP) is 1.48. The van der Waals surface area contributed by atoms with Crippen molar-refractivity contribution in [1.82, 2.24) is 0 Å². The summed E-state index contributed by atoms with van der Waals surface area (Å²) in [5, 5.41) is 2.26. The van der Waals surface area contributed by atoms with Gasteiger partial charge in [0.25, 0.3) is 0 Å². The summed E-state index contributed by atoms with van der Waals surface area (Å²) in [5.74, 6) is -0.887. The van der Waals surface area contributed by atoms with Crippen LogP contribution in [0.15, 0.2) is 18.2 Å². The van der Waals surface area contributed by atoms with Crippen LogP contribution in [0.4, 0.5) is 5.69 Å². The van der Waals surface area contributed by atoms with Crippen molar-refractivity contribution in [3.05, 3.63) is 23.8 Å². The van der Waals surface area contributed by atoms with E-state index in [-0.39, 0.29) is 28.7 Å². The van der Waals surface area contributed by atoms with Gasteiger partial charge in [0, 0.05) is 12.0 Å². The maximum atomic E-state index is 12.2. The van der Waals surface area contributed by atoms with E-state index in [1.54, 1.807) is 0 Å². The van der Waals surface area contributed by atoms with Crippen LogP contribution in [-0.4, -0.2) is 38.3 Å². The minimum absolute atomic E-state index is 0.136. The zero-order chi connectivity index (χ0) is 17.7. The number of primary amides is 1. The van der Waals surface area contributed by atoms with Gasteiger partial charge in [-0.3, -0.25) is 9.59 Å². The van der Waals surface area contributed by atoms with E-state index < -0.39 is 21.7 Å². The Kier molecular flexibility index (Phi) is 5.82. The Hall–Kier alpha value is -2.09. The number of ether oxygens (including phenoxy) is 1. The number of rotatable bonds is 7. The fraction of sp³-hybridized carbons (Fsp3) is 0.500. The summed E-state index contributed by atoms with van der Waals surface area (Å²) in [7, 11) is -1.82. The lowest BCUT2D eigenvalue weighted by Crippen LogP contribution is -2.24. The largest absolute Gasteiger partial charge is 0.495 e. The Morgan fingerprint density at radius 2 is 1.96 bits per heavy atom. The Balaban J connectivity index is 2.01. The maximum Gasteiger partial charge on any atom is 0.248 e. The third-order valence-electron chi connectivity index (χ3n) is 4.18. The molecule has 0 bridgehead atoms. The summed E-state index contributed by atoms with van der Waals surface area (Å²) in [6.07, 6.45) is 3.07. The van der Waals surface area contributed by atoms with Gasteiger partial charge in [-0.25, -0.2) is 8.42 Å². The first-order chi connectivity index (χ1) is 11.3. The highest BCUT2D eigenvalue weighted by Crippen LogP contribution is 2.27. The molecule has 0 spiro atoms. The van der Waals surface area contributed by atoms with Crippen LogP contribution in [0, 0.1) is 0 Å². The molecule has 3 N–H and O–H groups in total. The lowest BCUT2D eigenvalue weighted by atomic mass is 10.1. The molecule has 2 amide bonds. The second-order valence-electron chi connectivity index (χ2n) is 5.85. The molecule has 0 saturated heterocycles. The van der Waals surface area contributed by atoms with Gasteiger partial charge in [0.2, 0.25) is 11.8 Å². The number of carbonyl (C=O) groups is 2. The highest BCUT2D eigenvalue weighted by atomic mass is 32.2. The summed E-state index contributed by atoms with van der Waals surface area (Å²) >= 11 is 0. The third kappa shape index (κ3) is 4.47. The Morgan fingerprint density at radius 3 is 2.54 bits per heavy atom. The lowest BCUT2D eigenvalue weighted by molar-refractivity contribution is -0.115. The van der Waals surface area contributed by atoms with Gasteiger partial charge in [0.05, 0.1) is 23.8 Å². The first-order valence-electron chi connectivity index (χ1n) is 7.83. The van der Waals surface area contributed by atoms with Gasteiger partial charge < -0.3 is 15.8 Å². The van der Waals surface area contributed by atoms with Gasteiger partial charge in [-0.15, -0.1) is 0 Å². The van der Waals surface area contributed by atoms with Crippen LogP contribution < -0.4 is 15.8 Å². The van der Waals surface area contributed by atoms with E-state index in [4.69, 9.17) is 10.5 Å². The van der Waals surface area contributed by atoms with Crippen LogP contribution in [0.2, 0.25) is 0 Å². The van der Waals surface area contributed by atoms with E-state index in [1.807, 2.05) is 0 Å². The first-order valence-corrected chi connectivity index (χ1v) is 9.54. The molecule has 2 rings (SSSR count). The number of nitrogens with two attached hydrogens (primary N) is 1. The molecule has 1 aromatic carbocycles. The Morgan fingerprint density at radius 1 is 1.29 bits per heavy atom. The van der Waals surface area contributed by atoms with Crippen molar-refractivity contribution in [2.24, 2.45) is 5.73 Å². The maximum absolute atomic E-state index is 12.2. The van der Waals surface area contributed by atoms with Crippen molar-refractivity contribution in [2.45, 2.75) is 37.4 Å². The second kappa shape index (κ2) is 7.65. The number of anilines is 1. The average molecular weight is 354 g/mol. The van der Waals surface area contributed by atoms with Crippen molar-refractivity contribution in [3.8, 4) is 5.75 Å². The number of carbonyl (C=O) groups excluding carboxylic acids is 2. The van der Waals surface area contributed by atoms with Gasteiger partial charge >= 0.3 is 0 Å². The van der Waals surface area contributed by atoms with E-state index >= 15 is 0 Å². The SMILES string of the molecule is COc1ccc(C(N)=O)cc1NC(=O)CCS(=O)(=O)C1CCCC1. The highest BCUT2D eigenvalue weighted by molar-refractivity contribution is 7.92. The van der Waals surface area contributed by atoms with E-state index in [0.717, 1.165) is 12.8 Å². The fourth-order valence-corrected chi connectivity index (χ4v) is 4.68. The van der Waals surface area contributed by atoms with Gasteiger partial charge in [-0.1, -0.05) is 12.8 Å². The molecule has 0 unspecified atom stereocenters. The molecular formula is C16H22N2O5S. The molecule has 1 saturated carbocycles. The van der Waals surface area contributed by atoms with E-state index in [2.05, 4.69) is 5.32 Å². The van der Waals surface area contributed by atoms with Crippen LogP contribution in [-0.2, 0) is 14.6 Å². The molecule has 0 radical (unpaired) electrons. The number of hydrogen-bond donors (Lipinski definition) is 2. The normalized spacial score (nSPS) is 15.2. The summed E-state index contributed by atoms with van der Waals surface area (Å²) in [4.78, 5) is 23.3. The lowest BCUT2D eigenvalue weighted by Gasteiger charge is -2.13. The third-order valence-corrected chi connectivity index (χ3v) is 6.44. The quantitative estimate of drug-likeness (QED) is 0.769. The summed E-state index contributed by atoms with van der Waals surface area (Å²) < 4.78 is 29.5. The van der Waals surface area contributed by atoms with Crippen molar-refractivity contribution in [1.29, 1.82) is 0 Å². The van der Waals surface area contributed by atoms with Crippen LogP contribution in [0.3, 0.4) is 0 Å². The Bertz CT molecular complexity index is 724. The molecule has 8 heteroatoms. The van der Waals surface area contributed by atoms with Gasteiger partial charge in [-0.05, 0) is 31.0 Å². The van der Waals surface area contributed by atoms with Gasteiger partial charge in [0.15, 0.2) is 9.84 Å². The number of nitrogens with one attached hydrogen (secondary N) is 1. The minimum Gasteiger partial charge on any atom is -0.495 e. The molecule has 0 heterocycles. The molecular weight excluding hydrogens is 332 g/mol. The zero-order valence-corrected chi connectivity index (χ0v) is 14.4. The molecule has 132 valence electrons. The molecule has 1 fully saturated rings. The van der Waals surface area contributed by atoms with Crippen molar-refractivity contribution in [3.63, 3.8) is 0 Å². The van der Waals surface area contributed by atoms with Crippen molar-refractivity contribution >= 4 is 27.3 Å².